The van der Waals surface area contributed by atoms with Gasteiger partial charge in [0.25, 0.3) is 5.91 Å². The Kier molecular flexibility index (Phi) is 6.22. The topological polar surface area (TPSA) is 90.7 Å². The average Bonchev–Trinajstić information content (AvgIpc) is 3.32. The molecule has 0 unspecified atom stereocenters. The van der Waals surface area contributed by atoms with E-state index in [0.29, 0.717) is 28.0 Å². The van der Waals surface area contributed by atoms with E-state index in [-0.39, 0.29) is 18.1 Å². The number of nitrogens with zero attached hydrogens (tertiary/aromatic N) is 1. The number of aryl methyl sites for hydroxylation is 2. The Labute approximate surface area is 186 Å². The van der Waals surface area contributed by atoms with Crippen molar-refractivity contribution in [3.05, 3.63) is 62.9 Å². The van der Waals surface area contributed by atoms with Gasteiger partial charge in [0.15, 0.2) is 17.3 Å². The maximum atomic E-state index is 13.9. The average molecular weight is 462 g/mol. The van der Waals surface area contributed by atoms with Crippen molar-refractivity contribution in [2.75, 3.05) is 12.4 Å². The Balaban J connectivity index is 1.57. The zero-order chi connectivity index (χ0) is 22.8. The number of halogens is 2. The normalized spacial score (nSPS) is 12.9. The Bertz CT molecular complexity index is 1190. The van der Waals surface area contributed by atoms with Gasteiger partial charge in [-0.05, 0) is 50.3 Å². The smallest absolute Gasteiger partial charge is 0.341 e. The lowest BCUT2D eigenvalue weighted by molar-refractivity contribution is 0.0601. The molecule has 0 saturated heterocycles. The van der Waals surface area contributed by atoms with E-state index < -0.39 is 23.5 Å². The van der Waals surface area contributed by atoms with E-state index in [1.54, 1.807) is 6.92 Å². The molecule has 0 atom stereocenters. The van der Waals surface area contributed by atoms with Gasteiger partial charge in [0.05, 0.1) is 18.2 Å². The Morgan fingerprint density at radius 1 is 1.25 bits per heavy atom. The first-order valence-electron chi connectivity index (χ1n) is 9.96. The second-order valence-corrected chi connectivity index (χ2v) is 8.40. The molecule has 4 rings (SSSR count). The van der Waals surface area contributed by atoms with E-state index in [1.165, 1.54) is 18.4 Å². The highest BCUT2D eigenvalue weighted by Gasteiger charge is 2.29. The number of benzene rings is 1. The molecule has 2 heterocycles. The molecule has 0 fully saturated rings. The summed E-state index contributed by atoms with van der Waals surface area (Å²) in [6.07, 6.45) is 3.57. The molecule has 168 valence electrons. The standard InChI is InChI=1S/C22H20F2N2O5S/c1-11-14(10-30-16-8-7-12(23)9-15(16)24)19(26-31-11)20(27)25-21-18(22(28)29-2)13-5-3-4-6-17(13)32-21/h7-9H,3-6,10H2,1-2H3,(H,25,27). The number of hydrogen-bond acceptors (Lipinski definition) is 7. The van der Waals surface area contributed by atoms with Crippen molar-refractivity contribution >= 4 is 28.2 Å². The molecule has 0 spiro atoms. The summed E-state index contributed by atoms with van der Waals surface area (Å²) in [5, 5.41) is 6.95. The van der Waals surface area contributed by atoms with Crippen LogP contribution in [0.25, 0.3) is 0 Å². The lowest BCUT2D eigenvalue weighted by Crippen LogP contribution is -2.17. The minimum Gasteiger partial charge on any atom is -0.486 e. The molecule has 2 aromatic heterocycles. The van der Waals surface area contributed by atoms with E-state index in [1.807, 2.05) is 0 Å². The van der Waals surface area contributed by atoms with Crippen LogP contribution in [0.15, 0.2) is 22.7 Å². The molecule has 3 aromatic rings. The minimum atomic E-state index is -0.864. The number of amides is 1. The van der Waals surface area contributed by atoms with Crippen LogP contribution < -0.4 is 10.1 Å². The van der Waals surface area contributed by atoms with Gasteiger partial charge in [-0.15, -0.1) is 11.3 Å². The summed E-state index contributed by atoms with van der Waals surface area (Å²) in [6.45, 7) is 1.37. The lowest BCUT2D eigenvalue weighted by Gasteiger charge is -2.11. The molecule has 1 aliphatic rings. The number of anilines is 1. The van der Waals surface area contributed by atoms with E-state index in [2.05, 4.69) is 10.5 Å². The van der Waals surface area contributed by atoms with Crippen molar-refractivity contribution in [1.29, 1.82) is 0 Å². The summed E-state index contributed by atoms with van der Waals surface area (Å²) in [4.78, 5) is 26.4. The summed E-state index contributed by atoms with van der Waals surface area (Å²) >= 11 is 1.35. The van der Waals surface area contributed by atoms with Crippen LogP contribution in [0, 0.1) is 18.6 Å². The Morgan fingerprint density at radius 3 is 2.78 bits per heavy atom. The number of rotatable bonds is 6. The van der Waals surface area contributed by atoms with Gasteiger partial charge in [-0.3, -0.25) is 4.79 Å². The number of hydrogen-bond donors (Lipinski definition) is 1. The van der Waals surface area contributed by atoms with E-state index in [9.17, 15) is 18.4 Å². The molecule has 1 aliphatic carbocycles. The number of esters is 1. The number of fused-ring (bicyclic) bond motifs is 1. The van der Waals surface area contributed by atoms with Gasteiger partial charge in [-0.25, -0.2) is 13.6 Å². The second-order valence-electron chi connectivity index (χ2n) is 7.29. The van der Waals surface area contributed by atoms with Crippen LogP contribution in [0.1, 0.15) is 55.5 Å². The molecule has 7 nitrogen and oxygen atoms in total. The van der Waals surface area contributed by atoms with Crippen molar-refractivity contribution in [1.82, 2.24) is 5.16 Å². The van der Waals surface area contributed by atoms with Crippen molar-refractivity contribution in [2.45, 2.75) is 39.2 Å². The van der Waals surface area contributed by atoms with Gasteiger partial charge in [-0.2, -0.15) is 0 Å². The van der Waals surface area contributed by atoms with E-state index in [0.717, 1.165) is 48.3 Å². The molecule has 32 heavy (non-hydrogen) atoms. The van der Waals surface area contributed by atoms with Gasteiger partial charge in [0, 0.05) is 10.9 Å². The number of ether oxygens (including phenoxy) is 2. The Morgan fingerprint density at radius 2 is 2.03 bits per heavy atom. The molecule has 1 amide bonds. The van der Waals surface area contributed by atoms with Crippen molar-refractivity contribution in [2.24, 2.45) is 0 Å². The first-order valence-corrected chi connectivity index (χ1v) is 10.8. The summed E-state index contributed by atoms with van der Waals surface area (Å²) in [5.74, 6) is -2.54. The molecular formula is C22H20F2N2O5S. The molecular weight excluding hydrogens is 442 g/mol. The van der Waals surface area contributed by atoms with Crippen molar-refractivity contribution in [3.63, 3.8) is 0 Å². The fraction of sp³-hybridized carbons (Fsp3) is 0.318. The SMILES string of the molecule is COC(=O)c1c(NC(=O)c2noc(C)c2COc2ccc(F)cc2F)sc2c1CCCC2. The highest BCUT2D eigenvalue weighted by Crippen LogP contribution is 2.39. The zero-order valence-electron chi connectivity index (χ0n) is 17.4. The summed E-state index contributed by atoms with van der Waals surface area (Å²) in [5.41, 5.74) is 1.54. The third kappa shape index (κ3) is 4.22. The quantitative estimate of drug-likeness (QED) is 0.528. The number of carbonyl (C=O) groups is 2. The first kappa shape index (κ1) is 21.9. The van der Waals surface area contributed by atoms with Crippen LogP contribution in [0.3, 0.4) is 0 Å². The van der Waals surface area contributed by atoms with E-state index >= 15 is 0 Å². The number of methoxy groups -OCH3 is 1. The van der Waals surface area contributed by atoms with Gasteiger partial charge in [0.2, 0.25) is 0 Å². The van der Waals surface area contributed by atoms with Crippen LogP contribution in [0.2, 0.25) is 0 Å². The molecule has 0 bridgehead atoms. The molecule has 0 saturated carbocycles. The highest BCUT2D eigenvalue weighted by molar-refractivity contribution is 7.17. The van der Waals surface area contributed by atoms with Crippen LogP contribution >= 0.6 is 11.3 Å². The minimum absolute atomic E-state index is 0.0489. The molecule has 0 aliphatic heterocycles. The summed E-state index contributed by atoms with van der Waals surface area (Å²) < 4.78 is 42.4. The van der Waals surface area contributed by atoms with Gasteiger partial charge >= 0.3 is 5.97 Å². The number of carbonyl (C=O) groups excluding carboxylic acids is 2. The highest BCUT2D eigenvalue weighted by atomic mass is 32.1. The van der Waals surface area contributed by atoms with Gasteiger partial charge < -0.3 is 19.3 Å². The van der Waals surface area contributed by atoms with Crippen molar-refractivity contribution in [3.8, 4) is 5.75 Å². The first-order chi connectivity index (χ1) is 15.4. The van der Waals surface area contributed by atoms with Crippen LogP contribution in [-0.4, -0.2) is 24.1 Å². The number of aromatic nitrogens is 1. The third-order valence-corrected chi connectivity index (χ3v) is 6.46. The monoisotopic (exact) mass is 462 g/mol. The fourth-order valence-corrected chi connectivity index (χ4v) is 4.89. The van der Waals surface area contributed by atoms with Crippen LogP contribution in [-0.2, 0) is 24.2 Å². The number of nitrogens with one attached hydrogen (secondary N) is 1. The van der Waals surface area contributed by atoms with Crippen LogP contribution in [0.5, 0.6) is 5.75 Å². The predicted molar refractivity (Wildman–Crippen MR) is 112 cm³/mol. The zero-order valence-corrected chi connectivity index (χ0v) is 18.2. The maximum absolute atomic E-state index is 13.9. The third-order valence-electron chi connectivity index (χ3n) is 5.25. The fourth-order valence-electron chi connectivity index (χ4n) is 3.62. The van der Waals surface area contributed by atoms with Crippen LogP contribution in [0.4, 0.5) is 13.8 Å². The van der Waals surface area contributed by atoms with Gasteiger partial charge in [0.1, 0.15) is 23.2 Å². The lowest BCUT2D eigenvalue weighted by atomic mass is 9.95. The molecule has 1 aromatic carbocycles. The van der Waals surface area contributed by atoms with E-state index in [4.69, 9.17) is 14.0 Å². The summed E-state index contributed by atoms with van der Waals surface area (Å²) in [6, 6.07) is 2.93. The summed E-state index contributed by atoms with van der Waals surface area (Å²) in [7, 11) is 1.30. The predicted octanol–water partition coefficient (Wildman–Crippen LogP) is 4.82. The second kappa shape index (κ2) is 9.07. The van der Waals surface area contributed by atoms with Crippen molar-refractivity contribution < 1.29 is 32.4 Å². The Hall–Kier alpha value is -3.27. The number of thiophene rings is 1. The maximum Gasteiger partial charge on any atom is 0.341 e. The molecule has 0 radical (unpaired) electrons. The molecule has 1 N–H and O–H groups in total. The van der Waals surface area contributed by atoms with Gasteiger partial charge in [-0.1, -0.05) is 5.16 Å². The molecule has 10 heteroatoms. The largest absolute Gasteiger partial charge is 0.486 e.